The van der Waals surface area contributed by atoms with Crippen molar-refractivity contribution in [3.05, 3.63) is 30.1 Å². The Morgan fingerprint density at radius 1 is 1.52 bits per heavy atom. The number of amides is 1. The van der Waals surface area contributed by atoms with Crippen LogP contribution in [-0.2, 0) is 4.79 Å². The Hall–Kier alpha value is -1.46. The van der Waals surface area contributed by atoms with Gasteiger partial charge in [0.05, 0.1) is 17.8 Å². The number of likely N-dealkylation sites (tertiary alicyclic amines) is 1. The highest BCUT2D eigenvalue weighted by Crippen LogP contribution is 2.32. The van der Waals surface area contributed by atoms with Crippen LogP contribution in [-0.4, -0.2) is 53.4 Å². The molecule has 1 aromatic rings. The second-order valence-electron chi connectivity index (χ2n) is 5.90. The van der Waals surface area contributed by atoms with Crippen LogP contribution in [0.4, 0.5) is 0 Å². The summed E-state index contributed by atoms with van der Waals surface area (Å²) in [6, 6.07) is 5.81. The molecule has 3 atom stereocenters. The first-order valence-electron chi connectivity index (χ1n) is 7.69. The van der Waals surface area contributed by atoms with Crippen LogP contribution in [0.3, 0.4) is 0 Å². The van der Waals surface area contributed by atoms with Gasteiger partial charge in [-0.1, -0.05) is 13.0 Å². The summed E-state index contributed by atoms with van der Waals surface area (Å²) >= 11 is 0. The van der Waals surface area contributed by atoms with Gasteiger partial charge in [0.15, 0.2) is 0 Å². The minimum Gasteiger partial charge on any atom is -0.347 e. The van der Waals surface area contributed by atoms with Crippen molar-refractivity contribution >= 4 is 5.91 Å². The Kier molecular flexibility index (Phi) is 5.31. The molecule has 1 fully saturated rings. The summed E-state index contributed by atoms with van der Waals surface area (Å²) < 4.78 is 0. The lowest BCUT2D eigenvalue weighted by molar-refractivity contribution is -0.134. The van der Waals surface area contributed by atoms with Gasteiger partial charge >= 0.3 is 0 Å². The first-order valence-corrected chi connectivity index (χ1v) is 7.69. The van der Waals surface area contributed by atoms with E-state index >= 15 is 0 Å². The van der Waals surface area contributed by atoms with Gasteiger partial charge in [-0.2, -0.15) is 0 Å². The second kappa shape index (κ2) is 7.00. The number of aromatic nitrogens is 1. The molecule has 0 bridgehead atoms. The molecule has 21 heavy (non-hydrogen) atoms. The standard InChI is InChI=1S/C16H26N4O/c1-4-12(17)15(13-8-5-6-10-18-13)20-11-7-9-14(20)16(21)19(2)3/h5-6,8,10,12,14-15H,4,7,9,11,17H2,1-3H3. The number of nitrogens with two attached hydrogens (primary N) is 1. The molecule has 2 heterocycles. The average molecular weight is 290 g/mol. The van der Waals surface area contributed by atoms with E-state index in [1.165, 1.54) is 0 Å². The molecule has 2 N–H and O–H groups in total. The molecule has 0 aromatic carbocycles. The number of likely N-dealkylation sites (N-methyl/N-ethyl adjacent to an activating group) is 1. The van der Waals surface area contributed by atoms with Crippen molar-refractivity contribution in [3.8, 4) is 0 Å². The van der Waals surface area contributed by atoms with E-state index in [-0.39, 0.29) is 24.0 Å². The topological polar surface area (TPSA) is 62.5 Å². The third-order valence-corrected chi connectivity index (χ3v) is 4.25. The smallest absolute Gasteiger partial charge is 0.239 e. The van der Waals surface area contributed by atoms with Crippen LogP contribution >= 0.6 is 0 Å². The van der Waals surface area contributed by atoms with Gasteiger partial charge < -0.3 is 10.6 Å². The maximum absolute atomic E-state index is 12.4. The third kappa shape index (κ3) is 3.41. The van der Waals surface area contributed by atoms with Gasteiger partial charge in [0.25, 0.3) is 0 Å². The first-order chi connectivity index (χ1) is 10.1. The summed E-state index contributed by atoms with van der Waals surface area (Å²) in [6.07, 6.45) is 4.59. The van der Waals surface area contributed by atoms with Gasteiger partial charge in [-0.15, -0.1) is 0 Å². The van der Waals surface area contributed by atoms with Crippen LogP contribution in [0.25, 0.3) is 0 Å². The number of nitrogens with zero attached hydrogens (tertiary/aromatic N) is 3. The molecule has 1 aliphatic rings. The van der Waals surface area contributed by atoms with E-state index in [2.05, 4.69) is 16.8 Å². The highest BCUT2D eigenvalue weighted by Gasteiger charge is 2.39. The van der Waals surface area contributed by atoms with E-state index in [1.807, 2.05) is 32.3 Å². The summed E-state index contributed by atoms with van der Waals surface area (Å²) in [7, 11) is 3.63. The van der Waals surface area contributed by atoms with Gasteiger partial charge in [0.2, 0.25) is 5.91 Å². The molecule has 2 rings (SSSR count). The number of hydrogen-bond donors (Lipinski definition) is 1. The molecule has 1 aliphatic heterocycles. The number of pyridine rings is 1. The predicted molar refractivity (Wildman–Crippen MR) is 83.7 cm³/mol. The summed E-state index contributed by atoms with van der Waals surface area (Å²) in [5, 5.41) is 0. The second-order valence-corrected chi connectivity index (χ2v) is 5.90. The lowest BCUT2D eigenvalue weighted by atomic mass is 9.99. The van der Waals surface area contributed by atoms with Gasteiger partial charge in [0, 0.05) is 26.3 Å². The average Bonchev–Trinajstić information content (AvgIpc) is 2.96. The van der Waals surface area contributed by atoms with Crippen molar-refractivity contribution in [3.63, 3.8) is 0 Å². The molecule has 5 nitrogen and oxygen atoms in total. The lowest BCUT2D eigenvalue weighted by Crippen LogP contribution is -2.49. The van der Waals surface area contributed by atoms with Crippen LogP contribution in [0.15, 0.2) is 24.4 Å². The van der Waals surface area contributed by atoms with Crippen LogP contribution in [0.5, 0.6) is 0 Å². The summed E-state index contributed by atoms with van der Waals surface area (Å²) in [4.78, 5) is 20.8. The van der Waals surface area contributed by atoms with Crippen molar-refractivity contribution in [1.29, 1.82) is 0 Å². The number of hydrogen-bond acceptors (Lipinski definition) is 4. The van der Waals surface area contributed by atoms with Crippen LogP contribution in [0.2, 0.25) is 0 Å². The Morgan fingerprint density at radius 3 is 2.86 bits per heavy atom. The Labute approximate surface area is 127 Å². The molecule has 5 heteroatoms. The first kappa shape index (κ1) is 15.9. The molecule has 0 saturated carbocycles. The van der Waals surface area contributed by atoms with E-state index in [0.29, 0.717) is 0 Å². The maximum atomic E-state index is 12.4. The fourth-order valence-electron chi connectivity index (χ4n) is 3.09. The zero-order valence-electron chi connectivity index (χ0n) is 13.2. The highest BCUT2D eigenvalue weighted by molar-refractivity contribution is 5.81. The Balaban J connectivity index is 2.30. The van der Waals surface area contributed by atoms with E-state index < -0.39 is 0 Å². The Morgan fingerprint density at radius 2 is 2.29 bits per heavy atom. The molecule has 1 aromatic heterocycles. The third-order valence-electron chi connectivity index (χ3n) is 4.25. The highest BCUT2D eigenvalue weighted by atomic mass is 16.2. The van der Waals surface area contributed by atoms with E-state index in [9.17, 15) is 4.79 Å². The van der Waals surface area contributed by atoms with Gasteiger partial charge in [-0.3, -0.25) is 14.7 Å². The van der Waals surface area contributed by atoms with Crippen molar-refractivity contribution in [2.45, 2.75) is 44.3 Å². The van der Waals surface area contributed by atoms with Crippen LogP contribution < -0.4 is 5.73 Å². The largest absolute Gasteiger partial charge is 0.347 e. The van der Waals surface area contributed by atoms with Gasteiger partial charge in [-0.05, 0) is 37.9 Å². The fraction of sp³-hybridized carbons (Fsp3) is 0.625. The lowest BCUT2D eigenvalue weighted by Gasteiger charge is -2.36. The zero-order chi connectivity index (χ0) is 15.4. The summed E-state index contributed by atoms with van der Waals surface area (Å²) in [5.41, 5.74) is 7.32. The van der Waals surface area contributed by atoms with E-state index in [0.717, 1.165) is 31.5 Å². The van der Waals surface area contributed by atoms with Crippen molar-refractivity contribution in [1.82, 2.24) is 14.8 Å². The minimum absolute atomic E-state index is 0.00704. The SMILES string of the molecule is CCC(N)C(c1ccccn1)N1CCCC1C(=O)N(C)C. The molecular weight excluding hydrogens is 264 g/mol. The normalized spacial score (nSPS) is 22.0. The molecule has 0 spiro atoms. The molecule has 0 radical (unpaired) electrons. The summed E-state index contributed by atoms with van der Waals surface area (Å²) in [5.74, 6) is 0.164. The number of carbonyl (C=O) groups excluding carboxylic acids is 1. The Bertz CT molecular complexity index is 463. The monoisotopic (exact) mass is 290 g/mol. The quantitative estimate of drug-likeness (QED) is 0.890. The van der Waals surface area contributed by atoms with Gasteiger partial charge in [0.1, 0.15) is 0 Å². The van der Waals surface area contributed by atoms with Crippen molar-refractivity contribution in [2.24, 2.45) is 5.73 Å². The minimum atomic E-state index is -0.0791. The van der Waals surface area contributed by atoms with Crippen LogP contribution in [0, 0.1) is 0 Å². The predicted octanol–water partition coefficient (Wildman–Crippen LogP) is 1.41. The molecule has 0 aliphatic carbocycles. The van der Waals surface area contributed by atoms with Crippen LogP contribution in [0.1, 0.15) is 37.9 Å². The molecular formula is C16H26N4O. The number of carbonyl (C=O) groups is 1. The maximum Gasteiger partial charge on any atom is 0.239 e. The van der Waals surface area contributed by atoms with Gasteiger partial charge in [-0.25, -0.2) is 0 Å². The van der Waals surface area contributed by atoms with Crippen molar-refractivity contribution in [2.75, 3.05) is 20.6 Å². The molecule has 1 amide bonds. The van der Waals surface area contributed by atoms with E-state index in [1.54, 1.807) is 11.1 Å². The summed E-state index contributed by atoms with van der Waals surface area (Å²) in [6.45, 7) is 2.98. The fourth-order valence-corrected chi connectivity index (χ4v) is 3.09. The van der Waals surface area contributed by atoms with Crippen molar-refractivity contribution < 1.29 is 4.79 Å². The molecule has 1 saturated heterocycles. The molecule has 3 unspecified atom stereocenters. The molecule has 116 valence electrons. The van der Waals surface area contributed by atoms with E-state index in [4.69, 9.17) is 5.73 Å². The zero-order valence-corrected chi connectivity index (χ0v) is 13.2. The number of rotatable bonds is 5.